The molecule has 0 spiro atoms. The normalized spacial score (nSPS) is 49.3. The molecule has 1 aliphatic carbocycles. The molecule has 0 amide bonds. The number of nitrogens with zero attached hydrogens (tertiary/aromatic N) is 1. The van der Waals surface area contributed by atoms with Crippen LogP contribution in [0.15, 0.2) is 0 Å². The molecule has 1 aliphatic heterocycles. The van der Waals surface area contributed by atoms with Crippen LogP contribution in [0.2, 0.25) is 0 Å². The SMILES string of the molecule is CCN1C[C@H]2C[C@@]2(C)C1. The fourth-order valence-electron chi connectivity index (χ4n) is 2.11. The zero-order chi connectivity index (χ0) is 6.48. The number of hydrogen-bond donors (Lipinski definition) is 0. The van der Waals surface area contributed by atoms with Crippen molar-refractivity contribution in [3.8, 4) is 0 Å². The molecule has 2 aliphatic rings. The van der Waals surface area contributed by atoms with Crippen LogP contribution >= 0.6 is 0 Å². The van der Waals surface area contributed by atoms with Crippen LogP contribution in [-0.4, -0.2) is 24.5 Å². The minimum absolute atomic E-state index is 0.760. The van der Waals surface area contributed by atoms with Crippen molar-refractivity contribution in [3.05, 3.63) is 0 Å². The maximum absolute atomic E-state index is 2.56. The summed E-state index contributed by atoms with van der Waals surface area (Å²) >= 11 is 0. The van der Waals surface area contributed by atoms with Crippen LogP contribution in [0.25, 0.3) is 0 Å². The minimum atomic E-state index is 0.760. The maximum Gasteiger partial charge on any atom is 0.00386 e. The van der Waals surface area contributed by atoms with E-state index in [4.69, 9.17) is 0 Å². The van der Waals surface area contributed by atoms with E-state index < -0.39 is 0 Å². The first-order chi connectivity index (χ1) is 4.24. The Balaban J connectivity index is 1.98. The van der Waals surface area contributed by atoms with Crippen molar-refractivity contribution in [2.75, 3.05) is 19.6 Å². The summed E-state index contributed by atoms with van der Waals surface area (Å²) in [7, 11) is 0. The Labute approximate surface area is 57.0 Å². The van der Waals surface area contributed by atoms with E-state index in [-0.39, 0.29) is 0 Å². The van der Waals surface area contributed by atoms with Crippen molar-refractivity contribution < 1.29 is 0 Å². The quantitative estimate of drug-likeness (QED) is 0.511. The van der Waals surface area contributed by atoms with Crippen LogP contribution in [0.3, 0.4) is 0 Å². The summed E-state index contributed by atoms with van der Waals surface area (Å²) in [5.74, 6) is 1.07. The topological polar surface area (TPSA) is 3.24 Å². The number of fused-ring (bicyclic) bond motifs is 1. The molecule has 0 unspecified atom stereocenters. The molecule has 1 heteroatoms. The summed E-state index contributed by atoms with van der Waals surface area (Å²) in [6.07, 6.45) is 1.50. The van der Waals surface area contributed by atoms with E-state index in [9.17, 15) is 0 Å². The minimum Gasteiger partial charge on any atom is -0.303 e. The number of rotatable bonds is 1. The monoisotopic (exact) mass is 125 g/mol. The van der Waals surface area contributed by atoms with Gasteiger partial charge in [-0.3, -0.25) is 0 Å². The lowest BCUT2D eigenvalue weighted by Gasteiger charge is -2.15. The van der Waals surface area contributed by atoms with E-state index in [2.05, 4.69) is 18.7 Å². The van der Waals surface area contributed by atoms with Gasteiger partial charge in [0.05, 0.1) is 0 Å². The molecule has 0 N–H and O–H groups in total. The fraction of sp³-hybridized carbons (Fsp3) is 1.00. The first-order valence-electron chi connectivity index (χ1n) is 3.97. The highest BCUT2D eigenvalue weighted by atomic mass is 15.2. The molecule has 52 valence electrons. The van der Waals surface area contributed by atoms with E-state index >= 15 is 0 Å². The predicted octanol–water partition coefficient (Wildman–Crippen LogP) is 1.35. The van der Waals surface area contributed by atoms with Crippen LogP contribution in [0.1, 0.15) is 20.3 Å². The van der Waals surface area contributed by atoms with Crippen molar-refractivity contribution in [1.82, 2.24) is 4.90 Å². The van der Waals surface area contributed by atoms with Crippen molar-refractivity contribution in [2.24, 2.45) is 11.3 Å². The Morgan fingerprint density at radius 1 is 1.67 bits per heavy atom. The smallest absolute Gasteiger partial charge is 0.00386 e. The van der Waals surface area contributed by atoms with Gasteiger partial charge >= 0.3 is 0 Å². The third kappa shape index (κ3) is 0.710. The van der Waals surface area contributed by atoms with Gasteiger partial charge in [-0.05, 0) is 24.3 Å². The molecule has 1 saturated carbocycles. The lowest BCUT2D eigenvalue weighted by Crippen LogP contribution is -2.23. The highest BCUT2D eigenvalue weighted by molar-refractivity contribution is 5.06. The summed E-state index contributed by atoms with van der Waals surface area (Å²) in [5, 5.41) is 0. The molecule has 1 saturated heterocycles. The molecule has 0 aromatic carbocycles. The zero-order valence-corrected chi connectivity index (χ0v) is 6.35. The van der Waals surface area contributed by atoms with Gasteiger partial charge in [-0.2, -0.15) is 0 Å². The van der Waals surface area contributed by atoms with Gasteiger partial charge in [-0.1, -0.05) is 13.8 Å². The van der Waals surface area contributed by atoms with E-state index in [1.54, 1.807) is 0 Å². The summed E-state index contributed by atoms with van der Waals surface area (Å²) in [5.41, 5.74) is 0.760. The van der Waals surface area contributed by atoms with Gasteiger partial charge in [-0.15, -0.1) is 0 Å². The van der Waals surface area contributed by atoms with Crippen molar-refractivity contribution >= 4 is 0 Å². The summed E-state index contributed by atoms with van der Waals surface area (Å²) in [6, 6.07) is 0. The third-order valence-electron chi connectivity index (χ3n) is 3.05. The predicted molar refractivity (Wildman–Crippen MR) is 38.3 cm³/mol. The Hall–Kier alpha value is -0.0400. The van der Waals surface area contributed by atoms with Gasteiger partial charge in [0.1, 0.15) is 0 Å². The molecule has 2 fully saturated rings. The standard InChI is InChI=1S/C8H15N/c1-3-9-5-7-4-8(7,2)6-9/h7H,3-6H2,1-2H3/t7-,8+/m1/s1. The molecule has 2 rings (SSSR count). The average Bonchev–Trinajstić information content (AvgIpc) is 2.33. The lowest BCUT2D eigenvalue weighted by molar-refractivity contribution is 0.301. The van der Waals surface area contributed by atoms with E-state index in [0.717, 1.165) is 11.3 Å². The molecule has 0 radical (unpaired) electrons. The zero-order valence-electron chi connectivity index (χ0n) is 6.35. The van der Waals surface area contributed by atoms with Crippen LogP contribution in [0.4, 0.5) is 0 Å². The maximum atomic E-state index is 2.56. The largest absolute Gasteiger partial charge is 0.303 e. The second-order valence-electron chi connectivity index (χ2n) is 3.88. The molecule has 1 heterocycles. The van der Waals surface area contributed by atoms with Crippen molar-refractivity contribution in [2.45, 2.75) is 20.3 Å². The molecule has 0 aromatic rings. The molecule has 1 nitrogen and oxygen atoms in total. The molecular formula is C8H15N. The van der Waals surface area contributed by atoms with Crippen LogP contribution in [0, 0.1) is 11.3 Å². The fourth-order valence-corrected chi connectivity index (χ4v) is 2.11. The van der Waals surface area contributed by atoms with Crippen molar-refractivity contribution in [3.63, 3.8) is 0 Å². The van der Waals surface area contributed by atoms with Crippen LogP contribution in [-0.2, 0) is 0 Å². The lowest BCUT2D eigenvalue weighted by atomic mass is 10.1. The van der Waals surface area contributed by atoms with Gasteiger partial charge < -0.3 is 4.90 Å². The Morgan fingerprint density at radius 2 is 2.44 bits per heavy atom. The van der Waals surface area contributed by atoms with Crippen LogP contribution in [0.5, 0.6) is 0 Å². The Bertz CT molecular complexity index is 133. The third-order valence-corrected chi connectivity index (χ3v) is 3.05. The van der Waals surface area contributed by atoms with E-state index in [0.29, 0.717) is 0 Å². The number of piperidine rings is 1. The summed E-state index contributed by atoms with van der Waals surface area (Å²) < 4.78 is 0. The summed E-state index contributed by atoms with van der Waals surface area (Å²) in [6.45, 7) is 8.69. The molecule has 2 atom stereocenters. The van der Waals surface area contributed by atoms with Gasteiger partial charge in [0, 0.05) is 13.1 Å². The molecule has 0 aromatic heterocycles. The molecule has 0 bridgehead atoms. The Morgan fingerprint density at radius 3 is 2.78 bits per heavy atom. The summed E-state index contributed by atoms with van der Waals surface area (Å²) in [4.78, 5) is 2.56. The second-order valence-corrected chi connectivity index (χ2v) is 3.88. The van der Waals surface area contributed by atoms with Gasteiger partial charge in [0.2, 0.25) is 0 Å². The first-order valence-corrected chi connectivity index (χ1v) is 3.97. The van der Waals surface area contributed by atoms with E-state index in [1.807, 2.05) is 0 Å². The molecule has 9 heavy (non-hydrogen) atoms. The average molecular weight is 125 g/mol. The van der Waals surface area contributed by atoms with Crippen LogP contribution < -0.4 is 0 Å². The van der Waals surface area contributed by atoms with Crippen molar-refractivity contribution in [1.29, 1.82) is 0 Å². The van der Waals surface area contributed by atoms with Gasteiger partial charge in [0.25, 0.3) is 0 Å². The number of likely N-dealkylation sites (tertiary alicyclic amines) is 1. The van der Waals surface area contributed by atoms with Gasteiger partial charge in [0.15, 0.2) is 0 Å². The Kier molecular flexibility index (Phi) is 0.963. The van der Waals surface area contributed by atoms with E-state index in [1.165, 1.54) is 26.1 Å². The highest BCUT2D eigenvalue weighted by Crippen LogP contribution is 2.56. The van der Waals surface area contributed by atoms with Gasteiger partial charge in [-0.25, -0.2) is 0 Å². The number of hydrogen-bond acceptors (Lipinski definition) is 1. The second kappa shape index (κ2) is 1.51. The first kappa shape index (κ1) is 5.72. The molecular weight excluding hydrogens is 110 g/mol. The highest BCUT2D eigenvalue weighted by Gasteiger charge is 2.55.